The Balaban J connectivity index is 2.38. The Morgan fingerprint density at radius 3 is 2.12 bits per heavy atom. The van der Waals surface area contributed by atoms with Crippen molar-refractivity contribution in [2.45, 2.75) is 26.2 Å². The molecule has 3 rings (SSSR count). The molecule has 0 spiro atoms. The topological polar surface area (TPSA) is 42.2 Å². The van der Waals surface area contributed by atoms with Crippen LogP contribution in [0.3, 0.4) is 0 Å². The minimum atomic E-state index is -0.328. The summed E-state index contributed by atoms with van der Waals surface area (Å²) in [6, 6.07) is 18.0. The van der Waals surface area contributed by atoms with Crippen LogP contribution in [0.4, 0.5) is 0 Å². The van der Waals surface area contributed by atoms with Crippen molar-refractivity contribution in [1.82, 2.24) is 4.57 Å². The summed E-state index contributed by atoms with van der Waals surface area (Å²) in [5, 5.41) is 11.2. The summed E-state index contributed by atoms with van der Waals surface area (Å²) in [5.74, 6) is -0.00802. The highest BCUT2D eigenvalue weighted by Crippen LogP contribution is 2.32. The van der Waals surface area contributed by atoms with E-state index >= 15 is 0 Å². The number of halogens is 1. The Morgan fingerprint density at radius 2 is 1.56 bits per heavy atom. The minimum Gasteiger partial charge on any atom is -0.507 e. The minimum absolute atomic E-state index is 0.00802. The molecule has 0 aliphatic heterocycles. The van der Waals surface area contributed by atoms with Gasteiger partial charge in [-0.05, 0) is 29.8 Å². The summed E-state index contributed by atoms with van der Waals surface area (Å²) in [4.78, 5) is 13.3. The molecule has 3 aromatic rings. The highest BCUT2D eigenvalue weighted by molar-refractivity contribution is 6.30. The molecule has 1 heterocycles. The molecule has 25 heavy (non-hydrogen) atoms. The lowest BCUT2D eigenvalue weighted by Gasteiger charge is -2.25. The Labute approximate surface area is 152 Å². The summed E-state index contributed by atoms with van der Waals surface area (Å²) >= 11 is 5.99. The van der Waals surface area contributed by atoms with Crippen LogP contribution >= 0.6 is 11.6 Å². The quantitative estimate of drug-likeness (QED) is 0.691. The first-order chi connectivity index (χ1) is 11.8. The van der Waals surface area contributed by atoms with E-state index in [1.807, 2.05) is 63.2 Å². The standard InChI is InChI=1S/C21H20ClNO2/c1-21(2,3)18-13-17(24)19(14-7-5-4-6-8-14)20(25)23(18)16-11-9-15(22)10-12-16/h4-13,24H,1-3H3. The van der Waals surface area contributed by atoms with Crippen molar-refractivity contribution in [3.8, 4) is 22.6 Å². The van der Waals surface area contributed by atoms with Gasteiger partial charge in [0.2, 0.25) is 0 Å². The van der Waals surface area contributed by atoms with E-state index in [-0.39, 0.29) is 16.7 Å². The fourth-order valence-corrected chi connectivity index (χ4v) is 3.00. The summed E-state index contributed by atoms with van der Waals surface area (Å²) in [5.41, 5.74) is 1.86. The van der Waals surface area contributed by atoms with Crippen molar-refractivity contribution in [1.29, 1.82) is 0 Å². The van der Waals surface area contributed by atoms with E-state index in [1.165, 1.54) is 0 Å². The third-order valence-corrected chi connectivity index (χ3v) is 4.36. The Kier molecular flexibility index (Phi) is 4.44. The second-order valence-electron chi connectivity index (χ2n) is 7.02. The molecule has 0 fully saturated rings. The molecule has 2 aromatic carbocycles. The molecule has 0 radical (unpaired) electrons. The van der Waals surface area contributed by atoms with Gasteiger partial charge in [-0.1, -0.05) is 62.7 Å². The summed E-state index contributed by atoms with van der Waals surface area (Å²) in [6.07, 6.45) is 0. The molecule has 128 valence electrons. The van der Waals surface area contributed by atoms with E-state index < -0.39 is 0 Å². The second-order valence-corrected chi connectivity index (χ2v) is 7.46. The van der Waals surface area contributed by atoms with Gasteiger partial charge in [0.25, 0.3) is 5.56 Å². The summed E-state index contributed by atoms with van der Waals surface area (Å²) in [7, 11) is 0. The van der Waals surface area contributed by atoms with Crippen LogP contribution in [0.25, 0.3) is 16.8 Å². The molecule has 4 heteroatoms. The lowest BCUT2D eigenvalue weighted by Crippen LogP contribution is -2.29. The molecule has 1 N–H and O–H groups in total. The first-order valence-electron chi connectivity index (χ1n) is 8.10. The molecular formula is C21H20ClNO2. The summed E-state index contributed by atoms with van der Waals surface area (Å²) in [6.45, 7) is 6.03. The van der Waals surface area contributed by atoms with Crippen molar-refractivity contribution in [3.63, 3.8) is 0 Å². The third kappa shape index (κ3) is 3.33. The van der Waals surface area contributed by atoms with Gasteiger partial charge in [0.05, 0.1) is 5.56 Å². The van der Waals surface area contributed by atoms with E-state index in [1.54, 1.807) is 22.8 Å². The molecule has 0 saturated carbocycles. The lowest BCUT2D eigenvalue weighted by atomic mass is 9.89. The SMILES string of the molecule is CC(C)(C)c1cc(O)c(-c2ccccc2)c(=O)n1-c1ccc(Cl)cc1. The van der Waals surface area contributed by atoms with Crippen LogP contribution < -0.4 is 5.56 Å². The molecule has 0 aliphatic carbocycles. The van der Waals surface area contributed by atoms with E-state index in [0.29, 0.717) is 16.1 Å². The van der Waals surface area contributed by atoms with Crippen LogP contribution in [-0.2, 0) is 5.41 Å². The first kappa shape index (κ1) is 17.3. The van der Waals surface area contributed by atoms with E-state index in [2.05, 4.69) is 0 Å². The predicted molar refractivity (Wildman–Crippen MR) is 103 cm³/mol. The van der Waals surface area contributed by atoms with Gasteiger partial charge in [-0.15, -0.1) is 0 Å². The highest BCUT2D eigenvalue weighted by Gasteiger charge is 2.24. The number of hydrogen-bond acceptors (Lipinski definition) is 2. The molecule has 1 aromatic heterocycles. The molecule has 0 atom stereocenters. The average Bonchev–Trinajstić information content (AvgIpc) is 2.56. The molecule has 0 amide bonds. The van der Waals surface area contributed by atoms with Gasteiger partial charge in [-0.25, -0.2) is 0 Å². The lowest BCUT2D eigenvalue weighted by molar-refractivity contribution is 0.465. The van der Waals surface area contributed by atoms with Gasteiger partial charge in [0.15, 0.2) is 0 Å². The van der Waals surface area contributed by atoms with Crippen LogP contribution in [0, 0.1) is 0 Å². The van der Waals surface area contributed by atoms with Crippen LogP contribution in [-0.4, -0.2) is 9.67 Å². The normalized spacial score (nSPS) is 11.5. The fourth-order valence-electron chi connectivity index (χ4n) is 2.87. The maximum absolute atomic E-state index is 13.3. The van der Waals surface area contributed by atoms with Gasteiger partial charge in [0, 0.05) is 27.9 Å². The fraction of sp³-hybridized carbons (Fsp3) is 0.190. The largest absolute Gasteiger partial charge is 0.507 e. The maximum Gasteiger partial charge on any atom is 0.266 e. The van der Waals surface area contributed by atoms with Crippen LogP contribution in [0.1, 0.15) is 26.5 Å². The summed E-state index contributed by atoms with van der Waals surface area (Å²) < 4.78 is 1.65. The van der Waals surface area contributed by atoms with E-state index in [4.69, 9.17) is 11.6 Å². The number of hydrogen-bond donors (Lipinski definition) is 1. The Bertz CT molecular complexity index is 952. The first-order valence-corrected chi connectivity index (χ1v) is 8.47. The van der Waals surface area contributed by atoms with Crippen LogP contribution in [0.2, 0.25) is 5.02 Å². The number of nitrogens with zero attached hydrogens (tertiary/aromatic N) is 1. The van der Waals surface area contributed by atoms with Crippen LogP contribution in [0.5, 0.6) is 5.75 Å². The van der Waals surface area contributed by atoms with Crippen molar-refractivity contribution in [2.24, 2.45) is 0 Å². The number of pyridine rings is 1. The number of aromatic nitrogens is 1. The van der Waals surface area contributed by atoms with Crippen molar-refractivity contribution < 1.29 is 5.11 Å². The number of benzene rings is 2. The number of rotatable bonds is 2. The molecule has 0 bridgehead atoms. The second kappa shape index (κ2) is 6.41. The maximum atomic E-state index is 13.3. The number of aromatic hydroxyl groups is 1. The van der Waals surface area contributed by atoms with Crippen molar-refractivity contribution >= 4 is 11.6 Å². The van der Waals surface area contributed by atoms with Crippen molar-refractivity contribution in [2.75, 3.05) is 0 Å². The average molecular weight is 354 g/mol. The smallest absolute Gasteiger partial charge is 0.266 e. The Morgan fingerprint density at radius 1 is 0.960 bits per heavy atom. The highest BCUT2D eigenvalue weighted by atomic mass is 35.5. The molecular weight excluding hydrogens is 334 g/mol. The molecule has 3 nitrogen and oxygen atoms in total. The zero-order valence-electron chi connectivity index (χ0n) is 14.5. The Hall–Kier alpha value is -2.52. The van der Waals surface area contributed by atoms with Gasteiger partial charge < -0.3 is 5.11 Å². The predicted octanol–water partition coefficient (Wildman–Crippen LogP) is 5.16. The van der Waals surface area contributed by atoms with Crippen LogP contribution in [0.15, 0.2) is 65.5 Å². The van der Waals surface area contributed by atoms with Crippen molar-refractivity contribution in [3.05, 3.63) is 81.7 Å². The van der Waals surface area contributed by atoms with Gasteiger partial charge in [-0.2, -0.15) is 0 Å². The van der Waals surface area contributed by atoms with E-state index in [9.17, 15) is 9.90 Å². The molecule has 0 aliphatic rings. The van der Waals surface area contributed by atoms with E-state index in [0.717, 1.165) is 11.4 Å². The molecule has 0 saturated heterocycles. The zero-order chi connectivity index (χ0) is 18.2. The third-order valence-electron chi connectivity index (χ3n) is 4.10. The van der Waals surface area contributed by atoms with Gasteiger partial charge >= 0.3 is 0 Å². The molecule has 0 unspecified atom stereocenters. The zero-order valence-corrected chi connectivity index (χ0v) is 15.2. The van der Waals surface area contributed by atoms with Gasteiger partial charge in [0.1, 0.15) is 5.75 Å². The van der Waals surface area contributed by atoms with Gasteiger partial charge in [-0.3, -0.25) is 9.36 Å². The monoisotopic (exact) mass is 353 g/mol.